The molecule has 76 valence electrons. The van der Waals surface area contributed by atoms with E-state index in [1.807, 2.05) is 11.5 Å². The van der Waals surface area contributed by atoms with Crippen LogP contribution >= 0.6 is 0 Å². The number of nitrogens with zero attached hydrogens (tertiary/aromatic N) is 1. The summed E-state index contributed by atoms with van der Waals surface area (Å²) in [6.45, 7) is 0. The zero-order chi connectivity index (χ0) is 10.5. The number of alkyl halides is 3. The summed E-state index contributed by atoms with van der Waals surface area (Å²) in [5, 5.41) is 1.89. The summed E-state index contributed by atoms with van der Waals surface area (Å²) >= 11 is 0. The average molecular weight is 218 g/mol. The fourth-order valence-electron chi connectivity index (χ4n) is 0.248. The van der Waals surface area contributed by atoms with Crippen molar-refractivity contribution in [1.82, 2.24) is 0 Å². The molecule has 5 nitrogen and oxygen atoms in total. The second-order valence-corrected chi connectivity index (χ2v) is 3.10. The van der Waals surface area contributed by atoms with Gasteiger partial charge in [-0.05, 0) is 0 Å². The predicted molar refractivity (Wildman–Crippen MR) is 35.3 cm³/mol. The molecule has 1 aliphatic heterocycles. The Labute approximate surface area is 71.7 Å². The van der Waals surface area contributed by atoms with Crippen molar-refractivity contribution in [1.29, 1.82) is 0 Å². The lowest BCUT2D eigenvalue weighted by atomic mass is 11.0. The highest BCUT2D eigenvalue weighted by atomic mass is 32.2. The van der Waals surface area contributed by atoms with Crippen molar-refractivity contribution in [3.05, 3.63) is 12.4 Å². The smallest absolute Gasteiger partial charge is 0.485 e. The van der Waals surface area contributed by atoms with Crippen molar-refractivity contribution in [3.63, 3.8) is 0 Å². The van der Waals surface area contributed by atoms with Gasteiger partial charge in [0.15, 0.2) is 16.5 Å². The van der Waals surface area contributed by atoms with Gasteiger partial charge in [0, 0.05) is 0 Å². The Morgan fingerprint density at radius 1 is 1.38 bits per heavy atom. The Balaban J connectivity index is 0.000000243. The van der Waals surface area contributed by atoms with Crippen LogP contribution in [0.25, 0.3) is 0 Å². The van der Waals surface area contributed by atoms with E-state index in [0.717, 1.165) is 0 Å². The first kappa shape index (κ1) is 12.1. The third-order valence-electron chi connectivity index (χ3n) is 0.739. The quantitative estimate of drug-likeness (QED) is 0.423. The van der Waals surface area contributed by atoms with Gasteiger partial charge in [-0.1, -0.05) is 0 Å². The molecule has 0 aromatic carbocycles. The third kappa shape index (κ3) is 5.33. The largest absolute Gasteiger partial charge is 0.741 e. The molecule has 1 aliphatic rings. The number of rotatable bonds is 0. The molecule has 1 heterocycles. The van der Waals surface area contributed by atoms with Gasteiger partial charge in [0.1, 0.15) is 6.20 Å². The summed E-state index contributed by atoms with van der Waals surface area (Å²) in [5.41, 5.74) is -5.65. The van der Waals surface area contributed by atoms with E-state index in [0.29, 0.717) is 0 Å². The molecule has 0 unspecified atom stereocenters. The normalized spacial score (nSPS) is 15.4. The fraction of sp³-hybridized carbons (Fsp3) is 0.250. The summed E-state index contributed by atoms with van der Waals surface area (Å²) in [4.78, 5) is 3.72. The van der Waals surface area contributed by atoms with E-state index in [-0.39, 0.29) is 0 Å². The van der Waals surface area contributed by atoms with Gasteiger partial charge in [0.2, 0.25) is 0 Å². The van der Waals surface area contributed by atoms with Crippen LogP contribution in [-0.2, 0) is 10.1 Å². The molecule has 1 rings (SSSR count). The number of aliphatic imine (C=N–C) groups is 1. The summed E-state index contributed by atoms with van der Waals surface area (Å²) in [6.07, 6.45) is 5.39. The van der Waals surface area contributed by atoms with Crippen LogP contribution in [0, 0.1) is 0 Å². The first-order chi connectivity index (χ1) is 5.75. The molecule has 0 saturated heterocycles. The zero-order valence-corrected chi connectivity index (χ0v) is 6.84. The van der Waals surface area contributed by atoms with Crippen LogP contribution in [0.2, 0.25) is 0 Å². The highest BCUT2D eigenvalue weighted by Gasteiger charge is 2.36. The number of nitrogens with two attached hydrogens (primary N) is 1. The van der Waals surface area contributed by atoms with Crippen molar-refractivity contribution < 1.29 is 31.5 Å². The Hall–Kier alpha value is -0.930. The van der Waals surface area contributed by atoms with Gasteiger partial charge in [0.25, 0.3) is 0 Å². The molecule has 13 heavy (non-hydrogen) atoms. The summed E-state index contributed by atoms with van der Waals surface area (Å²) in [7, 11) is -6.09. The summed E-state index contributed by atoms with van der Waals surface area (Å²) in [5.74, 6) is 0. The molecule has 0 aliphatic carbocycles. The maximum atomic E-state index is 10.7. The Bertz CT molecular complexity index is 295. The molecule has 0 spiro atoms. The van der Waals surface area contributed by atoms with E-state index >= 15 is 0 Å². The van der Waals surface area contributed by atoms with Crippen LogP contribution in [0.1, 0.15) is 0 Å². The fourth-order valence-corrected chi connectivity index (χ4v) is 0.248. The minimum absolute atomic E-state index is 1.75. The van der Waals surface area contributed by atoms with Crippen molar-refractivity contribution in [3.8, 4) is 0 Å². The Morgan fingerprint density at radius 3 is 1.92 bits per heavy atom. The lowest BCUT2D eigenvalue weighted by Gasteiger charge is -2.08. The first-order valence-corrected chi connectivity index (χ1v) is 4.20. The van der Waals surface area contributed by atoms with Crippen LogP contribution in [-0.4, -0.2) is 24.8 Å². The van der Waals surface area contributed by atoms with Crippen molar-refractivity contribution >= 4 is 16.5 Å². The molecule has 0 bridgehead atoms. The minimum Gasteiger partial charge on any atom is -0.741 e. The summed E-state index contributed by atoms with van der Waals surface area (Å²) in [6, 6.07) is 0. The van der Waals surface area contributed by atoms with Crippen molar-refractivity contribution in [2.24, 2.45) is 4.99 Å². The Kier molecular flexibility index (Phi) is 4.04. The maximum absolute atomic E-state index is 10.7. The molecule has 9 heteroatoms. The van der Waals surface area contributed by atoms with E-state index < -0.39 is 15.6 Å². The number of hydrogen-bond donors (Lipinski definition) is 1. The van der Waals surface area contributed by atoms with Gasteiger partial charge >= 0.3 is 5.51 Å². The highest BCUT2D eigenvalue weighted by molar-refractivity contribution is 7.86. The zero-order valence-electron chi connectivity index (χ0n) is 6.02. The number of hydrogen-bond acceptors (Lipinski definition) is 4. The third-order valence-corrected chi connectivity index (χ3v) is 1.31. The van der Waals surface area contributed by atoms with Gasteiger partial charge in [-0.2, -0.15) is 13.2 Å². The van der Waals surface area contributed by atoms with Gasteiger partial charge in [-0.3, -0.25) is 5.32 Å². The van der Waals surface area contributed by atoms with Gasteiger partial charge in [-0.25, -0.2) is 13.4 Å². The molecule has 0 radical (unpaired) electrons. The second-order valence-electron chi connectivity index (χ2n) is 1.73. The Morgan fingerprint density at radius 2 is 1.85 bits per heavy atom. The van der Waals surface area contributed by atoms with Crippen LogP contribution in [0.5, 0.6) is 0 Å². The molecular weight excluding hydrogens is 213 g/mol. The molecule has 0 saturated carbocycles. The summed E-state index contributed by atoms with van der Waals surface area (Å²) < 4.78 is 58.9. The van der Waals surface area contributed by atoms with E-state index in [2.05, 4.69) is 4.99 Å². The number of halogens is 3. The first-order valence-electron chi connectivity index (χ1n) is 2.79. The average Bonchev–Trinajstić information content (AvgIpc) is 2.35. The van der Waals surface area contributed by atoms with Crippen molar-refractivity contribution in [2.75, 3.05) is 0 Å². The van der Waals surface area contributed by atoms with E-state index in [1.165, 1.54) is 0 Å². The van der Waals surface area contributed by atoms with Gasteiger partial charge < -0.3 is 4.55 Å². The SMILES string of the molecule is C1=C[NH2+]C=N1.O=S(=O)([O-])C(F)(F)F. The molecule has 0 aromatic heterocycles. The highest BCUT2D eigenvalue weighted by Crippen LogP contribution is 2.20. The van der Waals surface area contributed by atoms with Gasteiger partial charge in [-0.15, -0.1) is 0 Å². The van der Waals surface area contributed by atoms with E-state index in [9.17, 15) is 13.2 Å². The predicted octanol–water partition coefficient (Wildman–Crippen LogP) is -0.886. The van der Waals surface area contributed by atoms with Crippen LogP contribution in [0.3, 0.4) is 0 Å². The minimum atomic E-state index is -6.09. The molecule has 0 amide bonds. The van der Waals surface area contributed by atoms with Crippen LogP contribution in [0.4, 0.5) is 13.2 Å². The molecular formula is C4H5F3N2O3S. The van der Waals surface area contributed by atoms with Crippen LogP contribution < -0.4 is 5.32 Å². The molecule has 0 atom stereocenters. The standard InChI is InChI=1S/C3H4N2.CHF3O3S/c1-2-5-3-4-1;2-1(3,4)8(5,6)7/h1-3H,(H,4,5);(H,5,6,7). The maximum Gasteiger partial charge on any atom is 0.485 e. The number of quaternary nitrogens is 1. The second kappa shape index (κ2) is 4.35. The van der Waals surface area contributed by atoms with Gasteiger partial charge in [0.05, 0.1) is 6.20 Å². The van der Waals surface area contributed by atoms with Crippen molar-refractivity contribution in [2.45, 2.75) is 5.51 Å². The van der Waals surface area contributed by atoms with Crippen LogP contribution in [0.15, 0.2) is 17.4 Å². The van der Waals surface area contributed by atoms with E-state index in [4.69, 9.17) is 13.0 Å². The molecule has 2 N–H and O–H groups in total. The lowest BCUT2D eigenvalue weighted by molar-refractivity contribution is -0.447. The molecule has 0 aromatic rings. The van der Waals surface area contributed by atoms with E-state index in [1.54, 1.807) is 12.5 Å². The lowest BCUT2D eigenvalue weighted by Crippen LogP contribution is -2.74. The molecule has 0 fully saturated rings. The monoisotopic (exact) mass is 218 g/mol. The topological polar surface area (TPSA) is 86.2 Å².